The van der Waals surface area contributed by atoms with Gasteiger partial charge in [-0.1, -0.05) is 30.3 Å². The molecule has 0 aliphatic heterocycles. The minimum Gasteiger partial charge on any atom is -0.444 e. The molecule has 0 spiro atoms. The molecule has 0 aliphatic rings. The minimum atomic E-state index is 0. The summed E-state index contributed by atoms with van der Waals surface area (Å²) in [4.78, 5) is 8.68. The number of rotatable bonds is 5. The molecule has 7 heteroatoms. The van der Waals surface area contributed by atoms with E-state index in [1.807, 2.05) is 42.5 Å². The van der Waals surface area contributed by atoms with E-state index in [1.165, 1.54) is 0 Å². The van der Waals surface area contributed by atoms with Crippen LogP contribution in [0.4, 0.5) is 0 Å². The van der Waals surface area contributed by atoms with E-state index in [2.05, 4.69) is 26.7 Å². The van der Waals surface area contributed by atoms with Gasteiger partial charge in [0.15, 0.2) is 5.96 Å². The number of hydrogen-bond donors (Lipinski definition) is 2. The average Bonchev–Trinajstić information content (AvgIpc) is 3.18. The van der Waals surface area contributed by atoms with Crippen LogP contribution in [0.25, 0.3) is 11.5 Å². The lowest BCUT2D eigenvalue weighted by Gasteiger charge is -2.10. The maximum atomic E-state index is 8.83. The standard InChI is InChI=1S/C20H19N5O.HI/c1-22-20(23-12-16-9-7-15(11-21)8-10-16)24-13-18-14-26-19(25-18)17-5-3-2-4-6-17;/h2-10,14H,12-13H2,1H3,(H2,22,23,24);1H. The predicted molar refractivity (Wildman–Crippen MR) is 116 cm³/mol. The fourth-order valence-electron chi connectivity index (χ4n) is 2.38. The lowest BCUT2D eigenvalue weighted by Crippen LogP contribution is -2.36. The van der Waals surface area contributed by atoms with Crippen molar-refractivity contribution in [2.75, 3.05) is 7.05 Å². The fraction of sp³-hybridized carbons (Fsp3) is 0.150. The van der Waals surface area contributed by atoms with E-state index < -0.39 is 0 Å². The van der Waals surface area contributed by atoms with E-state index in [9.17, 15) is 0 Å². The van der Waals surface area contributed by atoms with Crippen LogP contribution in [0.2, 0.25) is 0 Å². The van der Waals surface area contributed by atoms with Gasteiger partial charge in [-0.25, -0.2) is 4.98 Å². The van der Waals surface area contributed by atoms with Gasteiger partial charge in [-0.05, 0) is 29.8 Å². The quantitative estimate of drug-likeness (QED) is 0.336. The molecule has 1 aromatic heterocycles. The first-order chi connectivity index (χ1) is 12.8. The van der Waals surface area contributed by atoms with Gasteiger partial charge < -0.3 is 15.1 Å². The van der Waals surface area contributed by atoms with Gasteiger partial charge in [0, 0.05) is 19.2 Å². The van der Waals surface area contributed by atoms with Crippen LogP contribution in [0, 0.1) is 11.3 Å². The van der Waals surface area contributed by atoms with Crippen molar-refractivity contribution in [3.8, 4) is 17.5 Å². The number of nitrogens with one attached hydrogen (secondary N) is 2. The summed E-state index contributed by atoms with van der Waals surface area (Å²) in [5, 5.41) is 15.3. The first kappa shape index (κ1) is 20.5. The molecule has 0 bridgehead atoms. The maximum absolute atomic E-state index is 8.83. The van der Waals surface area contributed by atoms with Gasteiger partial charge in [-0.15, -0.1) is 24.0 Å². The van der Waals surface area contributed by atoms with Crippen LogP contribution in [-0.4, -0.2) is 18.0 Å². The molecule has 0 atom stereocenters. The number of guanidine groups is 1. The Kier molecular flexibility index (Phi) is 7.82. The highest BCUT2D eigenvalue weighted by molar-refractivity contribution is 14.0. The van der Waals surface area contributed by atoms with E-state index in [1.54, 1.807) is 25.4 Å². The van der Waals surface area contributed by atoms with E-state index >= 15 is 0 Å². The Hall–Kier alpha value is -2.86. The molecule has 3 rings (SSSR count). The Balaban J connectivity index is 0.00000261. The SMILES string of the molecule is CN=C(NCc1ccc(C#N)cc1)NCc1coc(-c2ccccc2)n1.I. The Labute approximate surface area is 175 Å². The number of halogens is 1. The molecular formula is C20H20IN5O. The number of aromatic nitrogens is 1. The summed E-state index contributed by atoms with van der Waals surface area (Å²) >= 11 is 0. The number of aliphatic imine (C=N–C) groups is 1. The predicted octanol–water partition coefficient (Wildman–Crippen LogP) is 3.70. The normalized spacial score (nSPS) is 10.6. The molecule has 0 unspecified atom stereocenters. The zero-order valence-electron chi connectivity index (χ0n) is 14.8. The fourth-order valence-corrected chi connectivity index (χ4v) is 2.38. The molecule has 0 fully saturated rings. The van der Waals surface area contributed by atoms with Crippen molar-refractivity contribution in [2.45, 2.75) is 13.1 Å². The third-order valence-corrected chi connectivity index (χ3v) is 3.78. The first-order valence-electron chi connectivity index (χ1n) is 8.22. The average molecular weight is 473 g/mol. The lowest BCUT2D eigenvalue weighted by molar-refractivity contribution is 0.572. The van der Waals surface area contributed by atoms with E-state index in [0.29, 0.717) is 30.5 Å². The molecular weight excluding hydrogens is 453 g/mol. The van der Waals surface area contributed by atoms with Crippen LogP contribution < -0.4 is 10.6 Å². The second-order valence-electron chi connectivity index (χ2n) is 5.60. The van der Waals surface area contributed by atoms with Crippen molar-refractivity contribution < 1.29 is 4.42 Å². The maximum Gasteiger partial charge on any atom is 0.226 e. The molecule has 0 aliphatic carbocycles. The number of nitriles is 1. The highest BCUT2D eigenvalue weighted by Gasteiger charge is 2.07. The van der Waals surface area contributed by atoms with E-state index in [-0.39, 0.29) is 24.0 Å². The highest BCUT2D eigenvalue weighted by Crippen LogP contribution is 2.17. The lowest BCUT2D eigenvalue weighted by atomic mass is 10.1. The monoisotopic (exact) mass is 473 g/mol. The zero-order chi connectivity index (χ0) is 18.2. The van der Waals surface area contributed by atoms with Crippen LogP contribution in [0.1, 0.15) is 16.8 Å². The first-order valence-corrected chi connectivity index (χ1v) is 8.22. The molecule has 0 radical (unpaired) electrons. The minimum absolute atomic E-state index is 0. The van der Waals surface area contributed by atoms with Crippen LogP contribution in [0.3, 0.4) is 0 Å². The number of benzene rings is 2. The Morgan fingerprint density at radius 1 is 1.07 bits per heavy atom. The summed E-state index contributed by atoms with van der Waals surface area (Å²) < 4.78 is 5.53. The Morgan fingerprint density at radius 2 is 1.78 bits per heavy atom. The molecule has 0 amide bonds. The zero-order valence-corrected chi connectivity index (χ0v) is 17.2. The molecule has 0 saturated carbocycles. The van der Waals surface area contributed by atoms with Crippen molar-refractivity contribution in [3.05, 3.63) is 77.7 Å². The molecule has 0 saturated heterocycles. The molecule has 138 valence electrons. The number of oxazole rings is 1. The second-order valence-corrected chi connectivity index (χ2v) is 5.60. The van der Waals surface area contributed by atoms with Gasteiger partial charge in [-0.2, -0.15) is 5.26 Å². The van der Waals surface area contributed by atoms with E-state index in [0.717, 1.165) is 16.8 Å². The summed E-state index contributed by atoms with van der Waals surface area (Å²) in [7, 11) is 1.71. The molecule has 3 aromatic rings. The second kappa shape index (κ2) is 10.3. The molecule has 2 N–H and O–H groups in total. The third kappa shape index (κ3) is 5.82. The Morgan fingerprint density at radius 3 is 2.44 bits per heavy atom. The molecule has 2 aromatic carbocycles. The van der Waals surface area contributed by atoms with Gasteiger partial charge in [0.2, 0.25) is 5.89 Å². The Bertz CT molecular complexity index is 914. The number of hydrogen-bond acceptors (Lipinski definition) is 4. The largest absolute Gasteiger partial charge is 0.444 e. The van der Waals surface area contributed by atoms with Crippen molar-refractivity contribution in [3.63, 3.8) is 0 Å². The summed E-state index contributed by atoms with van der Waals surface area (Å²) in [6.45, 7) is 1.11. The van der Waals surface area contributed by atoms with Gasteiger partial charge in [0.25, 0.3) is 0 Å². The summed E-state index contributed by atoms with van der Waals surface area (Å²) in [6.07, 6.45) is 1.64. The van der Waals surface area contributed by atoms with Gasteiger partial charge in [0.05, 0.1) is 23.9 Å². The van der Waals surface area contributed by atoms with Crippen LogP contribution in [0.5, 0.6) is 0 Å². The van der Waals surface area contributed by atoms with Crippen LogP contribution in [-0.2, 0) is 13.1 Å². The molecule has 1 heterocycles. The summed E-state index contributed by atoms with van der Waals surface area (Å²) in [5.74, 6) is 1.27. The van der Waals surface area contributed by atoms with Gasteiger partial charge in [0.1, 0.15) is 6.26 Å². The van der Waals surface area contributed by atoms with Gasteiger partial charge >= 0.3 is 0 Å². The third-order valence-electron chi connectivity index (χ3n) is 3.78. The molecule has 27 heavy (non-hydrogen) atoms. The number of nitrogens with zero attached hydrogens (tertiary/aromatic N) is 3. The van der Waals surface area contributed by atoms with Crippen molar-refractivity contribution in [1.29, 1.82) is 5.26 Å². The highest BCUT2D eigenvalue weighted by atomic mass is 127. The summed E-state index contributed by atoms with van der Waals surface area (Å²) in [5.41, 5.74) is 3.46. The molecule has 6 nitrogen and oxygen atoms in total. The van der Waals surface area contributed by atoms with Gasteiger partial charge in [-0.3, -0.25) is 4.99 Å². The van der Waals surface area contributed by atoms with Crippen molar-refractivity contribution >= 4 is 29.9 Å². The van der Waals surface area contributed by atoms with Crippen LogP contribution >= 0.6 is 24.0 Å². The van der Waals surface area contributed by atoms with E-state index in [4.69, 9.17) is 9.68 Å². The summed E-state index contributed by atoms with van der Waals surface area (Å²) in [6, 6.07) is 19.3. The topological polar surface area (TPSA) is 86.2 Å². The van der Waals surface area contributed by atoms with Crippen molar-refractivity contribution in [2.24, 2.45) is 4.99 Å². The van der Waals surface area contributed by atoms with Crippen molar-refractivity contribution in [1.82, 2.24) is 15.6 Å². The smallest absolute Gasteiger partial charge is 0.226 e. The van der Waals surface area contributed by atoms with Crippen LogP contribution in [0.15, 0.2) is 70.3 Å².